The maximum absolute atomic E-state index is 11.1. The van der Waals surface area contributed by atoms with Crippen molar-refractivity contribution in [2.45, 2.75) is 25.5 Å². The molecule has 0 aliphatic carbocycles. The summed E-state index contributed by atoms with van der Waals surface area (Å²) >= 11 is 0. The van der Waals surface area contributed by atoms with Crippen LogP contribution in [-0.4, -0.2) is 29.3 Å². The fraction of sp³-hybridized carbons (Fsp3) is 0.667. The van der Waals surface area contributed by atoms with E-state index in [2.05, 4.69) is 10.1 Å². The number of aliphatic hydroxyl groups is 1. The summed E-state index contributed by atoms with van der Waals surface area (Å²) in [5.41, 5.74) is -1.64. The van der Waals surface area contributed by atoms with Gasteiger partial charge in [-0.25, -0.2) is 0 Å². The number of rotatable bonds is 3. The Labute approximate surface area is 86.8 Å². The third-order valence-electron chi connectivity index (χ3n) is 2.11. The van der Waals surface area contributed by atoms with Gasteiger partial charge in [-0.05, 0) is 6.92 Å². The predicted octanol–water partition coefficient (Wildman–Crippen LogP) is -0.712. The molecule has 0 aromatic heterocycles. The molecule has 1 fully saturated rings. The Morgan fingerprint density at radius 3 is 3.00 bits per heavy atom. The van der Waals surface area contributed by atoms with Crippen LogP contribution in [0.1, 0.15) is 19.8 Å². The first kappa shape index (κ1) is 11.5. The van der Waals surface area contributed by atoms with E-state index in [1.165, 1.54) is 0 Å². The van der Waals surface area contributed by atoms with Crippen LogP contribution in [0.4, 0.5) is 0 Å². The molecule has 0 radical (unpaired) electrons. The van der Waals surface area contributed by atoms with Gasteiger partial charge in [0.25, 0.3) is 0 Å². The van der Waals surface area contributed by atoms with Crippen LogP contribution < -0.4 is 5.32 Å². The molecule has 1 aliphatic heterocycles. The van der Waals surface area contributed by atoms with Gasteiger partial charge in [0.15, 0.2) is 0 Å². The number of hydrogen-bond donors (Lipinski definition) is 2. The minimum Gasteiger partial charge on any atom is -0.466 e. The molecule has 2 unspecified atom stereocenters. The minimum absolute atomic E-state index is 0.0822. The molecule has 82 valence electrons. The maximum atomic E-state index is 11.1. The first-order chi connectivity index (χ1) is 7.00. The molecule has 0 saturated carbocycles. The molecule has 1 aliphatic rings. The van der Waals surface area contributed by atoms with Gasteiger partial charge in [0.1, 0.15) is 11.6 Å². The lowest BCUT2D eigenvalue weighted by molar-refractivity contribution is -0.149. The predicted molar refractivity (Wildman–Crippen MR) is 48.1 cm³/mol. The molecular weight excluding hydrogens is 200 g/mol. The Morgan fingerprint density at radius 2 is 2.53 bits per heavy atom. The number of carbonyl (C=O) groups excluding carboxylic acids is 2. The number of nitrogens with zero attached hydrogens (tertiary/aromatic N) is 1. The van der Waals surface area contributed by atoms with E-state index in [0.717, 1.165) is 0 Å². The van der Waals surface area contributed by atoms with E-state index in [4.69, 9.17) is 5.26 Å². The number of carbonyl (C=O) groups is 2. The molecule has 2 N–H and O–H groups in total. The lowest BCUT2D eigenvalue weighted by atomic mass is 10.0. The summed E-state index contributed by atoms with van der Waals surface area (Å²) in [6, 6.07) is 1.75. The van der Waals surface area contributed by atoms with Gasteiger partial charge in [0, 0.05) is 6.42 Å². The van der Waals surface area contributed by atoms with Gasteiger partial charge in [-0.2, -0.15) is 5.26 Å². The Balaban J connectivity index is 2.59. The number of hydrogen-bond acceptors (Lipinski definition) is 5. The number of amides is 1. The molecule has 1 amide bonds. The molecule has 15 heavy (non-hydrogen) atoms. The van der Waals surface area contributed by atoms with Gasteiger partial charge in [-0.15, -0.1) is 0 Å². The summed E-state index contributed by atoms with van der Waals surface area (Å²) < 4.78 is 4.64. The summed E-state index contributed by atoms with van der Waals surface area (Å²) in [6.45, 7) is 1.86. The smallest absolute Gasteiger partial charge is 0.310 e. The van der Waals surface area contributed by atoms with Crippen LogP contribution in [0.3, 0.4) is 0 Å². The summed E-state index contributed by atoms with van der Waals surface area (Å²) in [6.07, 6.45) is -0.411. The van der Waals surface area contributed by atoms with Gasteiger partial charge < -0.3 is 15.2 Å². The van der Waals surface area contributed by atoms with Crippen molar-refractivity contribution >= 4 is 11.9 Å². The van der Waals surface area contributed by atoms with Gasteiger partial charge in [0.05, 0.1) is 19.1 Å². The van der Waals surface area contributed by atoms with E-state index in [1.54, 1.807) is 13.0 Å². The van der Waals surface area contributed by atoms with Crippen LogP contribution in [0.25, 0.3) is 0 Å². The second-order valence-electron chi connectivity index (χ2n) is 3.39. The summed E-state index contributed by atoms with van der Waals surface area (Å²) in [5, 5.41) is 20.6. The summed E-state index contributed by atoms with van der Waals surface area (Å²) in [7, 11) is 0. The molecule has 0 aromatic rings. The van der Waals surface area contributed by atoms with Crippen molar-refractivity contribution in [1.82, 2.24) is 5.32 Å². The molecule has 0 bridgehead atoms. The van der Waals surface area contributed by atoms with Crippen molar-refractivity contribution in [3.05, 3.63) is 0 Å². The zero-order chi connectivity index (χ0) is 11.5. The van der Waals surface area contributed by atoms with Gasteiger partial charge in [-0.3, -0.25) is 9.59 Å². The van der Waals surface area contributed by atoms with Gasteiger partial charge >= 0.3 is 5.97 Å². The highest BCUT2D eigenvalue weighted by Crippen LogP contribution is 2.25. The molecule has 0 aromatic carbocycles. The van der Waals surface area contributed by atoms with Crippen LogP contribution in [0.5, 0.6) is 0 Å². The third kappa shape index (κ3) is 2.67. The minimum atomic E-state index is -1.64. The molecule has 6 heteroatoms. The lowest BCUT2D eigenvalue weighted by Crippen LogP contribution is -2.43. The molecular formula is C9H12N2O4. The highest BCUT2D eigenvalue weighted by molar-refractivity contribution is 5.85. The van der Waals surface area contributed by atoms with Crippen molar-refractivity contribution in [3.63, 3.8) is 0 Å². The average Bonchev–Trinajstić information content (AvgIpc) is 2.41. The number of nitriles is 1. The largest absolute Gasteiger partial charge is 0.466 e. The number of nitrogens with one attached hydrogen (secondary N) is 1. The highest BCUT2D eigenvalue weighted by atomic mass is 16.5. The number of esters is 1. The first-order valence-electron chi connectivity index (χ1n) is 4.60. The molecule has 1 rings (SSSR count). The van der Waals surface area contributed by atoms with Crippen molar-refractivity contribution in [2.24, 2.45) is 5.92 Å². The zero-order valence-electron chi connectivity index (χ0n) is 8.32. The van der Waals surface area contributed by atoms with E-state index in [-0.39, 0.29) is 19.4 Å². The zero-order valence-corrected chi connectivity index (χ0v) is 8.32. The van der Waals surface area contributed by atoms with E-state index >= 15 is 0 Å². The van der Waals surface area contributed by atoms with E-state index in [9.17, 15) is 14.7 Å². The molecule has 1 saturated heterocycles. The SMILES string of the molecule is CCOC(=O)CC1(O)CC(C#N)C(=O)N1. The van der Waals surface area contributed by atoms with Crippen LogP contribution in [-0.2, 0) is 14.3 Å². The van der Waals surface area contributed by atoms with Crippen LogP contribution in [0, 0.1) is 17.2 Å². The lowest BCUT2D eigenvalue weighted by Gasteiger charge is -2.20. The maximum Gasteiger partial charge on any atom is 0.310 e. The second-order valence-corrected chi connectivity index (χ2v) is 3.39. The van der Waals surface area contributed by atoms with Crippen molar-refractivity contribution in [3.8, 4) is 6.07 Å². The van der Waals surface area contributed by atoms with Gasteiger partial charge in [0.2, 0.25) is 5.91 Å². The normalized spacial score (nSPS) is 29.4. The standard InChI is InChI=1S/C9H12N2O4/c1-2-15-7(12)4-9(14)3-6(5-10)8(13)11-9/h6,14H,2-4H2,1H3,(H,11,13). The van der Waals surface area contributed by atoms with Crippen LogP contribution >= 0.6 is 0 Å². The number of ether oxygens (including phenoxy) is 1. The van der Waals surface area contributed by atoms with Gasteiger partial charge in [-0.1, -0.05) is 0 Å². The Kier molecular flexibility index (Phi) is 3.27. The van der Waals surface area contributed by atoms with E-state index in [0.29, 0.717) is 0 Å². The Morgan fingerprint density at radius 1 is 1.87 bits per heavy atom. The van der Waals surface area contributed by atoms with Crippen LogP contribution in [0.2, 0.25) is 0 Å². The topological polar surface area (TPSA) is 99.4 Å². The quantitative estimate of drug-likeness (QED) is 0.602. The van der Waals surface area contributed by atoms with Crippen molar-refractivity contribution in [1.29, 1.82) is 5.26 Å². The first-order valence-corrected chi connectivity index (χ1v) is 4.60. The van der Waals surface area contributed by atoms with Crippen molar-refractivity contribution < 1.29 is 19.4 Å². The molecule has 2 atom stereocenters. The summed E-state index contributed by atoms with van der Waals surface area (Å²) in [5.74, 6) is -2.05. The van der Waals surface area contributed by atoms with Crippen molar-refractivity contribution in [2.75, 3.05) is 6.61 Å². The fourth-order valence-corrected chi connectivity index (χ4v) is 1.47. The monoisotopic (exact) mass is 212 g/mol. The fourth-order valence-electron chi connectivity index (χ4n) is 1.47. The third-order valence-corrected chi connectivity index (χ3v) is 2.11. The molecule has 1 heterocycles. The Bertz CT molecular complexity index is 323. The summed E-state index contributed by atoms with van der Waals surface area (Å²) in [4.78, 5) is 22.2. The molecule has 6 nitrogen and oxygen atoms in total. The molecule has 0 spiro atoms. The van der Waals surface area contributed by atoms with E-state index in [1.807, 2.05) is 0 Å². The Hall–Kier alpha value is -1.61. The highest BCUT2D eigenvalue weighted by Gasteiger charge is 2.44. The van der Waals surface area contributed by atoms with Crippen LogP contribution in [0.15, 0.2) is 0 Å². The van der Waals surface area contributed by atoms with E-state index < -0.39 is 23.5 Å². The second kappa shape index (κ2) is 4.28. The average molecular weight is 212 g/mol.